The molecule has 0 unspecified atom stereocenters. The van der Waals surface area contributed by atoms with Crippen molar-refractivity contribution in [2.75, 3.05) is 12.4 Å². The zero-order chi connectivity index (χ0) is 14.7. The predicted octanol–water partition coefficient (Wildman–Crippen LogP) is 4.40. The van der Waals surface area contributed by atoms with Crippen LogP contribution < -0.4 is 5.32 Å². The van der Waals surface area contributed by atoms with Crippen molar-refractivity contribution in [3.05, 3.63) is 50.8 Å². The van der Waals surface area contributed by atoms with Crippen LogP contribution in [0.1, 0.15) is 21.9 Å². The molecule has 0 aliphatic rings. The lowest BCUT2D eigenvalue weighted by Gasteiger charge is -2.07. The van der Waals surface area contributed by atoms with Crippen molar-refractivity contribution in [3.8, 4) is 0 Å². The van der Waals surface area contributed by atoms with Crippen LogP contribution in [0.15, 0.2) is 33.2 Å². The highest BCUT2D eigenvalue weighted by Crippen LogP contribution is 2.26. The lowest BCUT2D eigenvalue weighted by Crippen LogP contribution is -2.01. The first-order chi connectivity index (χ1) is 9.51. The molecule has 0 spiro atoms. The molecular formula is C14H13BrClNO3. The second-order valence-corrected chi connectivity index (χ2v) is 5.44. The fourth-order valence-electron chi connectivity index (χ4n) is 1.76. The summed E-state index contributed by atoms with van der Waals surface area (Å²) in [6.07, 6.45) is 0. The van der Waals surface area contributed by atoms with Crippen molar-refractivity contribution < 1.29 is 13.9 Å². The number of esters is 1. The number of aryl methyl sites for hydroxylation is 1. The number of hydrogen-bond acceptors (Lipinski definition) is 4. The molecule has 1 N–H and O–H groups in total. The minimum Gasteiger partial charge on any atom is -0.465 e. The van der Waals surface area contributed by atoms with Gasteiger partial charge in [0.1, 0.15) is 17.1 Å². The number of nitrogens with one attached hydrogen (secondary N) is 1. The molecule has 0 radical (unpaired) electrons. The maximum Gasteiger partial charge on any atom is 0.341 e. The molecule has 2 rings (SSSR count). The first kappa shape index (κ1) is 14.9. The van der Waals surface area contributed by atoms with E-state index in [-0.39, 0.29) is 0 Å². The van der Waals surface area contributed by atoms with E-state index < -0.39 is 5.97 Å². The number of anilines is 1. The number of carbonyl (C=O) groups is 1. The Morgan fingerprint density at radius 1 is 1.45 bits per heavy atom. The second kappa shape index (κ2) is 6.33. The van der Waals surface area contributed by atoms with Crippen LogP contribution in [0, 0.1) is 6.92 Å². The highest BCUT2D eigenvalue weighted by Gasteiger charge is 2.15. The Bertz CT molecular complexity index is 639. The second-order valence-electron chi connectivity index (χ2n) is 4.15. The van der Waals surface area contributed by atoms with E-state index in [1.165, 1.54) is 7.11 Å². The SMILES string of the molecule is COC(=O)c1cc(CNc2ccc(Cl)cc2Br)oc1C. The summed E-state index contributed by atoms with van der Waals surface area (Å²) >= 11 is 9.30. The maximum atomic E-state index is 11.5. The third kappa shape index (κ3) is 3.35. The third-order valence-electron chi connectivity index (χ3n) is 2.76. The maximum absolute atomic E-state index is 11.5. The fourth-order valence-corrected chi connectivity index (χ4v) is 2.58. The van der Waals surface area contributed by atoms with E-state index in [0.29, 0.717) is 28.7 Å². The molecule has 2 aromatic rings. The number of ether oxygens (including phenoxy) is 1. The molecule has 0 atom stereocenters. The molecule has 1 aromatic carbocycles. The summed E-state index contributed by atoms with van der Waals surface area (Å²) in [5.41, 5.74) is 1.34. The first-order valence-electron chi connectivity index (χ1n) is 5.88. The molecule has 1 heterocycles. The largest absolute Gasteiger partial charge is 0.465 e. The molecule has 0 fully saturated rings. The number of furan rings is 1. The van der Waals surface area contributed by atoms with Gasteiger partial charge in [0, 0.05) is 15.2 Å². The average Bonchev–Trinajstić information content (AvgIpc) is 2.78. The monoisotopic (exact) mass is 357 g/mol. The van der Waals surface area contributed by atoms with Gasteiger partial charge in [0.15, 0.2) is 0 Å². The van der Waals surface area contributed by atoms with Crippen LogP contribution in [-0.4, -0.2) is 13.1 Å². The molecule has 20 heavy (non-hydrogen) atoms. The Balaban J connectivity index is 2.09. The van der Waals surface area contributed by atoms with Crippen molar-refractivity contribution in [1.82, 2.24) is 0 Å². The Morgan fingerprint density at radius 3 is 2.85 bits per heavy atom. The quantitative estimate of drug-likeness (QED) is 0.823. The summed E-state index contributed by atoms with van der Waals surface area (Å²) in [6.45, 7) is 2.19. The summed E-state index contributed by atoms with van der Waals surface area (Å²) in [5.74, 6) is 0.804. The van der Waals surface area contributed by atoms with E-state index in [1.54, 1.807) is 25.1 Å². The first-order valence-corrected chi connectivity index (χ1v) is 7.05. The van der Waals surface area contributed by atoms with Gasteiger partial charge in [0.2, 0.25) is 0 Å². The number of hydrogen-bond donors (Lipinski definition) is 1. The van der Waals surface area contributed by atoms with E-state index in [0.717, 1.165) is 10.2 Å². The smallest absolute Gasteiger partial charge is 0.341 e. The van der Waals surface area contributed by atoms with E-state index >= 15 is 0 Å². The minimum absolute atomic E-state index is 0.398. The van der Waals surface area contributed by atoms with E-state index in [9.17, 15) is 4.79 Å². The van der Waals surface area contributed by atoms with Crippen LogP contribution in [0.3, 0.4) is 0 Å². The van der Waals surface area contributed by atoms with Gasteiger partial charge >= 0.3 is 5.97 Å². The molecule has 0 bridgehead atoms. The number of methoxy groups -OCH3 is 1. The average molecular weight is 359 g/mol. The lowest BCUT2D eigenvalue weighted by atomic mass is 10.2. The topological polar surface area (TPSA) is 51.5 Å². The van der Waals surface area contributed by atoms with E-state index in [1.807, 2.05) is 6.07 Å². The normalized spacial score (nSPS) is 10.4. The number of rotatable bonds is 4. The molecular weight excluding hydrogens is 346 g/mol. The zero-order valence-electron chi connectivity index (χ0n) is 11.0. The van der Waals surface area contributed by atoms with Crippen LogP contribution in [0.5, 0.6) is 0 Å². The standard InChI is InChI=1S/C14H13BrClNO3/c1-8-11(14(18)19-2)6-10(20-8)7-17-13-4-3-9(16)5-12(13)15/h3-6,17H,7H2,1-2H3. The zero-order valence-corrected chi connectivity index (χ0v) is 13.3. The van der Waals surface area contributed by atoms with Crippen LogP contribution in [0.4, 0.5) is 5.69 Å². The molecule has 4 nitrogen and oxygen atoms in total. The van der Waals surface area contributed by atoms with Gasteiger partial charge in [-0.05, 0) is 47.1 Å². The Morgan fingerprint density at radius 2 is 2.20 bits per heavy atom. The molecule has 6 heteroatoms. The van der Waals surface area contributed by atoms with Gasteiger partial charge in [-0.2, -0.15) is 0 Å². The molecule has 0 saturated heterocycles. The Labute approximate surface area is 130 Å². The van der Waals surface area contributed by atoms with Gasteiger partial charge in [-0.25, -0.2) is 4.79 Å². The summed E-state index contributed by atoms with van der Waals surface area (Å²) < 4.78 is 11.1. The highest BCUT2D eigenvalue weighted by molar-refractivity contribution is 9.10. The lowest BCUT2D eigenvalue weighted by molar-refractivity contribution is 0.0599. The van der Waals surface area contributed by atoms with Gasteiger partial charge < -0.3 is 14.5 Å². The van der Waals surface area contributed by atoms with Gasteiger partial charge in [-0.15, -0.1) is 0 Å². The summed E-state index contributed by atoms with van der Waals surface area (Å²) in [4.78, 5) is 11.5. The molecule has 1 aromatic heterocycles. The number of benzene rings is 1. The molecule has 0 aliphatic carbocycles. The highest BCUT2D eigenvalue weighted by atomic mass is 79.9. The Hall–Kier alpha value is -1.46. The summed E-state index contributed by atoms with van der Waals surface area (Å²) in [6, 6.07) is 7.14. The van der Waals surface area contributed by atoms with E-state index in [2.05, 4.69) is 26.0 Å². The van der Waals surface area contributed by atoms with Gasteiger partial charge in [-0.3, -0.25) is 0 Å². The van der Waals surface area contributed by atoms with Gasteiger partial charge in [-0.1, -0.05) is 11.6 Å². The van der Waals surface area contributed by atoms with Gasteiger partial charge in [0.25, 0.3) is 0 Å². The molecule has 0 amide bonds. The van der Waals surface area contributed by atoms with Crippen molar-refractivity contribution in [3.63, 3.8) is 0 Å². The Kier molecular flexibility index (Phi) is 4.73. The van der Waals surface area contributed by atoms with Gasteiger partial charge in [0.05, 0.1) is 13.7 Å². The summed E-state index contributed by atoms with van der Waals surface area (Å²) in [5, 5.41) is 3.86. The van der Waals surface area contributed by atoms with Crippen LogP contribution in [0.2, 0.25) is 5.02 Å². The van der Waals surface area contributed by atoms with Crippen molar-refractivity contribution >= 4 is 39.2 Å². The minimum atomic E-state index is -0.398. The molecule has 106 valence electrons. The summed E-state index contributed by atoms with van der Waals surface area (Å²) in [7, 11) is 1.34. The number of carbonyl (C=O) groups excluding carboxylic acids is 1. The van der Waals surface area contributed by atoms with Crippen LogP contribution >= 0.6 is 27.5 Å². The predicted molar refractivity (Wildman–Crippen MR) is 81.3 cm³/mol. The van der Waals surface area contributed by atoms with E-state index in [4.69, 9.17) is 16.0 Å². The number of halogens is 2. The third-order valence-corrected chi connectivity index (χ3v) is 3.65. The van der Waals surface area contributed by atoms with Crippen LogP contribution in [0.25, 0.3) is 0 Å². The molecule has 0 aliphatic heterocycles. The fraction of sp³-hybridized carbons (Fsp3) is 0.214. The van der Waals surface area contributed by atoms with Crippen molar-refractivity contribution in [1.29, 1.82) is 0 Å². The van der Waals surface area contributed by atoms with Crippen molar-refractivity contribution in [2.24, 2.45) is 0 Å². The van der Waals surface area contributed by atoms with Crippen molar-refractivity contribution in [2.45, 2.75) is 13.5 Å². The molecule has 0 saturated carbocycles. The van der Waals surface area contributed by atoms with Crippen LogP contribution in [-0.2, 0) is 11.3 Å².